The van der Waals surface area contributed by atoms with Crippen LogP contribution in [0.1, 0.15) is 0 Å². The van der Waals surface area contributed by atoms with Crippen molar-refractivity contribution in [3.63, 3.8) is 0 Å². The number of nitriles is 1. The van der Waals surface area contributed by atoms with Crippen molar-refractivity contribution < 1.29 is 4.92 Å². The highest BCUT2D eigenvalue weighted by Crippen LogP contribution is 2.30. The SMILES string of the molecule is CSC(=Nc1cc(Cl)ccc1[N+](=O)[O-])NC#N. The first-order valence-corrected chi connectivity index (χ1v) is 5.90. The fourth-order valence-corrected chi connectivity index (χ4v) is 1.53. The van der Waals surface area contributed by atoms with Gasteiger partial charge in [0.2, 0.25) is 0 Å². The molecule has 0 atom stereocenters. The van der Waals surface area contributed by atoms with E-state index in [2.05, 4.69) is 10.3 Å². The lowest BCUT2D eigenvalue weighted by Crippen LogP contribution is -2.12. The van der Waals surface area contributed by atoms with Gasteiger partial charge in [0.25, 0.3) is 5.69 Å². The van der Waals surface area contributed by atoms with Crippen LogP contribution in [0, 0.1) is 21.6 Å². The van der Waals surface area contributed by atoms with Gasteiger partial charge in [0, 0.05) is 11.1 Å². The summed E-state index contributed by atoms with van der Waals surface area (Å²) in [7, 11) is 0. The van der Waals surface area contributed by atoms with E-state index in [1.165, 1.54) is 30.0 Å². The van der Waals surface area contributed by atoms with E-state index >= 15 is 0 Å². The number of nitro groups is 1. The molecular formula is C9H7ClN4O2S. The Morgan fingerprint density at radius 3 is 2.94 bits per heavy atom. The third kappa shape index (κ3) is 3.62. The Balaban J connectivity index is 3.24. The monoisotopic (exact) mass is 270 g/mol. The molecule has 1 rings (SSSR count). The van der Waals surface area contributed by atoms with Crippen LogP contribution in [0.25, 0.3) is 0 Å². The zero-order valence-electron chi connectivity index (χ0n) is 8.68. The fourth-order valence-electron chi connectivity index (χ4n) is 1.02. The zero-order chi connectivity index (χ0) is 12.8. The summed E-state index contributed by atoms with van der Waals surface area (Å²) in [5.41, 5.74) is -0.0599. The summed E-state index contributed by atoms with van der Waals surface area (Å²) in [6, 6.07) is 4.05. The molecule has 8 heteroatoms. The summed E-state index contributed by atoms with van der Waals surface area (Å²) in [6.45, 7) is 0. The van der Waals surface area contributed by atoms with Crippen LogP contribution in [0.15, 0.2) is 23.2 Å². The van der Waals surface area contributed by atoms with Crippen molar-refractivity contribution in [3.05, 3.63) is 33.3 Å². The van der Waals surface area contributed by atoms with E-state index in [4.69, 9.17) is 16.9 Å². The van der Waals surface area contributed by atoms with Gasteiger partial charge in [-0.1, -0.05) is 23.4 Å². The molecule has 0 aromatic heterocycles. The number of halogens is 1. The highest BCUT2D eigenvalue weighted by Gasteiger charge is 2.14. The van der Waals surface area contributed by atoms with Gasteiger partial charge < -0.3 is 0 Å². The van der Waals surface area contributed by atoms with Gasteiger partial charge in [0.1, 0.15) is 5.69 Å². The fraction of sp³-hybridized carbons (Fsp3) is 0.111. The molecule has 0 aliphatic heterocycles. The highest BCUT2D eigenvalue weighted by atomic mass is 35.5. The van der Waals surface area contributed by atoms with Crippen LogP contribution in [0.2, 0.25) is 5.02 Å². The van der Waals surface area contributed by atoms with E-state index in [0.29, 0.717) is 5.02 Å². The Kier molecular flexibility index (Phi) is 4.75. The van der Waals surface area contributed by atoms with Gasteiger partial charge in [-0.2, -0.15) is 5.26 Å². The molecule has 0 aliphatic carbocycles. The minimum absolute atomic E-state index is 0.106. The second kappa shape index (κ2) is 6.08. The highest BCUT2D eigenvalue weighted by molar-refractivity contribution is 8.13. The molecule has 0 saturated heterocycles. The molecule has 1 N–H and O–H groups in total. The standard InChI is InChI=1S/C9H7ClN4O2S/c1-17-9(12-5-11)13-7-4-6(10)2-3-8(7)14(15)16/h2-4H,1H3,(H,12,13). The summed E-state index contributed by atoms with van der Waals surface area (Å²) >= 11 is 6.91. The van der Waals surface area contributed by atoms with E-state index in [9.17, 15) is 10.1 Å². The molecule has 0 bridgehead atoms. The van der Waals surface area contributed by atoms with Gasteiger partial charge >= 0.3 is 0 Å². The predicted molar refractivity (Wildman–Crippen MR) is 67.5 cm³/mol. The normalized spacial score (nSPS) is 10.8. The van der Waals surface area contributed by atoms with E-state index in [0.717, 1.165) is 0 Å². The molecule has 0 aliphatic rings. The van der Waals surface area contributed by atoms with Crippen molar-refractivity contribution in [2.24, 2.45) is 4.99 Å². The van der Waals surface area contributed by atoms with Gasteiger partial charge in [-0.3, -0.25) is 15.4 Å². The Morgan fingerprint density at radius 2 is 2.41 bits per heavy atom. The maximum Gasteiger partial charge on any atom is 0.295 e. The maximum absolute atomic E-state index is 10.8. The lowest BCUT2D eigenvalue weighted by molar-refractivity contribution is -0.384. The van der Waals surface area contributed by atoms with Crippen LogP contribution in [0.3, 0.4) is 0 Å². The van der Waals surface area contributed by atoms with Gasteiger partial charge in [0.15, 0.2) is 11.4 Å². The summed E-state index contributed by atoms with van der Waals surface area (Å²) in [4.78, 5) is 14.2. The molecule has 0 unspecified atom stereocenters. The van der Waals surface area contributed by atoms with Gasteiger partial charge in [-0.25, -0.2) is 4.99 Å². The van der Waals surface area contributed by atoms with Crippen LogP contribution >= 0.6 is 23.4 Å². The van der Waals surface area contributed by atoms with Gasteiger partial charge in [-0.05, 0) is 18.4 Å². The van der Waals surface area contributed by atoms with E-state index < -0.39 is 4.92 Å². The summed E-state index contributed by atoms with van der Waals surface area (Å²) in [5.74, 6) is 0. The lowest BCUT2D eigenvalue weighted by Gasteiger charge is -2.01. The van der Waals surface area contributed by atoms with E-state index in [1.54, 1.807) is 12.4 Å². The zero-order valence-corrected chi connectivity index (χ0v) is 10.2. The molecular weight excluding hydrogens is 264 g/mol. The summed E-state index contributed by atoms with van der Waals surface area (Å²) in [6.07, 6.45) is 3.39. The molecule has 6 nitrogen and oxygen atoms in total. The molecule has 0 heterocycles. The molecule has 0 amide bonds. The number of rotatable bonds is 2. The van der Waals surface area contributed by atoms with Gasteiger partial charge in [0.05, 0.1) is 4.92 Å². The van der Waals surface area contributed by atoms with Crippen molar-refractivity contribution in [2.75, 3.05) is 6.26 Å². The Morgan fingerprint density at radius 1 is 1.71 bits per heavy atom. The van der Waals surface area contributed by atoms with Crippen LogP contribution in [0.5, 0.6) is 0 Å². The van der Waals surface area contributed by atoms with Crippen LogP contribution in [0.4, 0.5) is 11.4 Å². The second-order valence-corrected chi connectivity index (χ2v) is 3.98. The van der Waals surface area contributed by atoms with Crippen LogP contribution in [-0.4, -0.2) is 16.3 Å². The second-order valence-electron chi connectivity index (χ2n) is 2.75. The van der Waals surface area contributed by atoms with E-state index in [-0.39, 0.29) is 16.5 Å². The number of hydrogen-bond donors (Lipinski definition) is 1. The third-order valence-electron chi connectivity index (χ3n) is 1.71. The minimum atomic E-state index is -0.556. The Labute approximate surface area is 106 Å². The lowest BCUT2D eigenvalue weighted by atomic mass is 10.3. The largest absolute Gasteiger partial charge is 0.295 e. The number of hydrogen-bond acceptors (Lipinski definition) is 5. The Hall–Kier alpha value is -1.78. The third-order valence-corrected chi connectivity index (χ3v) is 2.53. The molecule has 0 saturated carbocycles. The van der Waals surface area contributed by atoms with Crippen molar-refractivity contribution in [3.8, 4) is 6.19 Å². The molecule has 88 valence electrons. The van der Waals surface area contributed by atoms with Crippen LogP contribution < -0.4 is 5.32 Å². The van der Waals surface area contributed by atoms with Crippen molar-refractivity contribution >= 4 is 39.9 Å². The number of aliphatic imine (C=N–C) groups is 1. The van der Waals surface area contributed by atoms with Crippen molar-refractivity contribution in [2.45, 2.75) is 0 Å². The first-order valence-electron chi connectivity index (χ1n) is 4.30. The molecule has 17 heavy (non-hydrogen) atoms. The molecule has 1 aromatic rings. The number of amidine groups is 1. The first kappa shape index (κ1) is 13.3. The number of nitrogens with zero attached hydrogens (tertiary/aromatic N) is 3. The van der Waals surface area contributed by atoms with E-state index in [1.807, 2.05) is 0 Å². The minimum Gasteiger partial charge on any atom is -0.271 e. The summed E-state index contributed by atoms with van der Waals surface area (Å²) < 4.78 is 0. The first-order chi connectivity index (χ1) is 8.08. The maximum atomic E-state index is 10.8. The number of benzene rings is 1. The summed E-state index contributed by atoms with van der Waals surface area (Å²) in [5, 5.41) is 22.1. The molecule has 1 aromatic carbocycles. The quantitative estimate of drug-likeness (QED) is 0.223. The Bertz CT molecular complexity index is 512. The topological polar surface area (TPSA) is 91.3 Å². The number of nitrogens with one attached hydrogen (secondary N) is 1. The predicted octanol–water partition coefficient (Wildman–Crippen LogP) is 2.67. The number of thioether (sulfide) groups is 1. The average molecular weight is 271 g/mol. The number of nitro benzene ring substituents is 1. The van der Waals surface area contributed by atoms with Crippen LogP contribution in [-0.2, 0) is 0 Å². The van der Waals surface area contributed by atoms with Crippen molar-refractivity contribution in [1.29, 1.82) is 5.26 Å². The molecule has 0 spiro atoms. The molecule has 0 radical (unpaired) electrons. The van der Waals surface area contributed by atoms with Crippen molar-refractivity contribution in [1.82, 2.24) is 5.32 Å². The van der Waals surface area contributed by atoms with Gasteiger partial charge in [-0.15, -0.1) is 0 Å². The smallest absolute Gasteiger partial charge is 0.271 e. The average Bonchev–Trinajstić information content (AvgIpc) is 2.28. The molecule has 0 fully saturated rings.